The third kappa shape index (κ3) is 4.73. The van der Waals surface area contributed by atoms with Crippen molar-refractivity contribution in [3.63, 3.8) is 0 Å². The molecule has 0 bridgehead atoms. The highest BCUT2D eigenvalue weighted by Crippen LogP contribution is 2.50. The molecular weight excluding hydrogens is 436 g/mol. The van der Waals surface area contributed by atoms with Crippen LogP contribution in [0.25, 0.3) is 0 Å². The van der Waals surface area contributed by atoms with E-state index in [9.17, 15) is 13.2 Å². The lowest BCUT2D eigenvalue weighted by Gasteiger charge is -2.21. The van der Waals surface area contributed by atoms with E-state index in [1.54, 1.807) is 16.4 Å². The maximum atomic E-state index is 13.2. The first kappa shape index (κ1) is 22.1. The van der Waals surface area contributed by atoms with Gasteiger partial charge in [-0.25, -0.2) is 8.42 Å². The van der Waals surface area contributed by atoms with E-state index in [2.05, 4.69) is 5.32 Å². The van der Waals surface area contributed by atoms with Crippen molar-refractivity contribution in [1.82, 2.24) is 4.31 Å². The Balaban J connectivity index is 1.53. The lowest BCUT2D eigenvalue weighted by molar-refractivity contribution is -0.117. The van der Waals surface area contributed by atoms with Gasteiger partial charge in [-0.3, -0.25) is 4.79 Å². The summed E-state index contributed by atoms with van der Waals surface area (Å²) < 4.78 is 33.2. The number of ether oxygens (including phenoxy) is 1. The van der Waals surface area contributed by atoms with Crippen LogP contribution < -0.4 is 10.1 Å². The number of benzene rings is 2. The lowest BCUT2D eigenvalue weighted by atomic mass is 10.1. The summed E-state index contributed by atoms with van der Waals surface area (Å²) in [5.74, 6) is 0.143. The molecule has 0 radical (unpaired) electrons. The van der Waals surface area contributed by atoms with Crippen LogP contribution in [-0.2, 0) is 14.8 Å². The monoisotopic (exact) mass is 462 g/mol. The van der Waals surface area contributed by atoms with Crippen LogP contribution in [0.3, 0.4) is 0 Å². The molecule has 1 saturated heterocycles. The minimum atomic E-state index is -3.62. The van der Waals surface area contributed by atoms with Crippen LogP contribution in [-0.4, -0.2) is 38.8 Å². The largest absolute Gasteiger partial charge is 0.495 e. The van der Waals surface area contributed by atoms with Crippen molar-refractivity contribution >= 4 is 33.2 Å². The highest BCUT2D eigenvalue weighted by molar-refractivity contribution is 7.89. The standard InChI is InChI=1S/C23H27ClN2O4S/c1-30-22-11-10-16(31(28,29)26-12-6-2-3-7-13-26)14-21(22)25-23(27)19-15-18(19)17-8-4-5-9-20(17)24/h4-5,8-11,14,18-19H,2-3,6-7,12-13,15H2,1H3,(H,25,27). The van der Waals surface area contributed by atoms with E-state index in [0.717, 1.165) is 31.2 Å². The van der Waals surface area contributed by atoms with Gasteiger partial charge in [0.2, 0.25) is 15.9 Å². The zero-order valence-corrected chi connectivity index (χ0v) is 19.1. The van der Waals surface area contributed by atoms with E-state index >= 15 is 0 Å². The van der Waals surface area contributed by atoms with E-state index in [1.807, 2.05) is 24.3 Å². The Bertz CT molecular complexity index is 1060. The summed E-state index contributed by atoms with van der Waals surface area (Å²) in [5, 5.41) is 3.54. The van der Waals surface area contributed by atoms with Crippen molar-refractivity contribution in [3.8, 4) is 5.75 Å². The fourth-order valence-electron chi connectivity index (χ4n) is 4.21. The molecule has 2 atom stereocenters. The average molecular weight is 463 g/mol. The van der Waals surface area contributed by atoms with E-state index in [-0.39, 0.29) is 22.6 Å². The number of halogens is 1. The zero-order chi connectivity index (χ0) is 22.0. The normalized spacial score (nSPS) is 21.9. The average Bonchev–Trinajstić information content (AvgIpc) is 3.58. The highest BCUT2D eigenvalue weighted by atomic mass is 35.5. The Morgan fingerprint density at radius 2 is 1.81 bits per heavy atom. The molecule has 2 unspecified atom stereocenters. The van der Waals surface area contributed by atoms with Crippen LogP contribution in [0.4, 0.5) is 5.69 Å². The molecule has 31 heavy (non-hydrogen) atoms. The number of nitrogens with one attached hydrogen (secondary N) is 1. The minimum absolute atomic E-state index is 0.0729. The van der Waals surface area contributed by atoms with Crippen molar-refractivity contribution < 1.29 is 17.9 Å². The molecule has 0 aromatic heterocycles. The van der Waals surface area contributed by atoms with Crippen LogP contribution >= 0.6 is 11.6 Å². The van der Waals surface area contributed by atoms with Gasteiger partial charge in [-0.15, -0.1) is 0 Å². The summed E-state index contributed by atoms with van der Waals surface area (Å²) >= 11 is 6.27. The smallest absolute Gasteiger partial charge is 0.243 e. The Morgan fingerprint density at radius 3 is 2.48 bits per heavy atom. The predicted octanol–water partition coefficient (Wildman–Crippen LogP) is 4.66. The van der Waals surface area contributed by atoms with Gasteiger partial charge in [0.15, 0.2) is 0 Å². The number of rotatable bonds is 6. The molecule has 2 aromatic carbocycles. The van der Waals surface area contributed by atoms with E-state index in [4.69, 9.17) is 16.3 Å². The molecule has 4 rings (SSSR count). The minimum Gasteiger partial charge on any atom is -0.495 e. The second-order valence-corrected chi connectivity index (χ2v) is 10.5. The number of hydrogen-bond donors (Lipinski definition) is 1. The molecule has 1 heterocycles. The number of hydrogen-bond acceptors (Lipinski definition) is 4. The Labute approximate surface area is 188 Å². The van der Waals surface area contributed by atoms with Gasteiger partial charge in [0.1, 0.15) is 5.75 Å². The molecule has 1 amide bonds. The number of carbonyl (C=O) groups is 1. The number of nitrogens with zero attached hydrogens (tertiary/aromatic N) is 1. The molecule has 2 aliphatic rings. The molecular formula is C23H27ClN2O4S. The summed E-state index contributed by atoms with van der Waals surface area (Å²) in [5.41, 5.74) is 1.34. The SMILES string of the molecule is COc1ccc(S(=O)(=O)N2CCCCCC2)cc1NC(=O)C1CC1c1ccccc1Cl. The first-order valence-corrected chi connectivity index (χ1v) is 12.5. The number of anilines is 1. The van der Waals surface area contributed by atoms with Crippen molar-refractivity contribution in [3.05, 3.63) is 53.1 Å². The summed E-state index contributed by atoms with van der Waals surface area (Å²) in [6.45, 7) is 1.05. The first-order chi connectivity index (χ1) is 14.9. The molecule has 8 heteroatoms. The Kier molecular flexibility index (Phi) is 6.55. The molecule has 6 nitrogen and oxygen atoms in total. The molecule has 1 N–H and O–H groups in total. The van der Waals surface area contributed by atoms with E-state index in [0.29, 0.717) is 36.0 Å². The first-order valence-electron chi connectivity index (χ1n) is 10.7. The van der Waals surface area contributed by atoms with Gasteiger partial charge < -0.3 is 10.1 Å². The van der Waals surface area contributed by atoms with Crippen LogP contribution in [0.1, 0.15) is 43.6 Å². The Hall–Kier alpha value is -2.09. The molecule has 1 aliphatic carbocycles. The summed E-state index contributed by atoms with van der Waals surface area (Å²) in [6.07, 6.45) is 4.53. The molecule has 2 fully saturated rings. The van der Waals surface area contributed by atoms with Gasteiger partial charge in [0.25, 0.3) is 0 Å². The van der Waals surface area contributed by atoms with Crippen LogP contribution in [0, 0.1) is 5.92 Å². The van der Waals surface area contributed by atoms with Crippen molar-refractivity contribution in [1.29, 1.82) is 0 Å². The second kappa shape index (κ2) is 9.18. The van der Waals surface area contributed by atoms with Gasteiger partial charge in [-0.2, -0.15) is 4.31 Å². The van der Waals surface area contributed by atoms with Gasteiger partial charge in [0.05, 0.1) is 17.7 Å². The number of sulfonamides is 1. The lowest BCUT2D eigenvalue weighted by Crippen LogP contribution is -2.32. The summed E-state index contributed by atoms with van der Waals surface area (Å²) in [7, 11) is -2.13. The fraction of sp³-hybridized carbons (Fsp3) is 0.435. The number of amides is 1. The van der Waals surface area contributed by atoms with E-state index in [1.165, 1.54) is 13.2 Å². The summed E-state index contributed by atoms with van der Waals surface area (Å²) in [4.78, 5) is 13.0. The molecule has 166 valence electrons. The van der Waals surface area contributed by atoms with E-state index < -0.39 is 10.0 Å². The maximum Gasteiger partial charge on any atom is 0.243 e. The molecule has 2 aromatic rings. The van der Waals surface area contributed by atoms with Gasteiger partial charge in [-0.1, -0.05) is 42.6 Å². The van der Waals surface area contributed by atoms with Crippen LogP contribution in [0.15, 0.2) is 47.4 Å². The highest BCUT2D eigenvalue weighted by Gasteiger charge is 2.45. The van der Waals surface area contributed by atoms with Crippen molar-refractivity contribution in [2.24, 2.45) is 5.92 Å². The molecule has 0 spiro atoms. The molecule has 1 aliphatic heterocycles. The Morgan fingerprint density at radius 1 is 1.10 bits per heavy atom. The third-order valence-electron chi connectivity index (χ3n) is 6.06. The van der Waals surface area contributed by atoms with Crippen LogP contribution in [0.2, 0.25) is 5.02 Å². The van der Waals surface area contributed by atoms with Crippen LogP contribution in [0.5, 0.6) is 5.75 Å². The summed E-state index contributed by atoms with van der Waals surface area (Å²) in [6, 6.07) is 12.2. The maximum absolute atomic E-state index is 13.2. The quantitative estimate of drug-likeness (QED) is 0.677. The topological polar surface area (TPSA) is 75.7 Å². The number of methoxy groups -OCH3 is 1. The zero-order valence-electron chi connectivity index (χ0n) is 17.5. The van der Waals surface area contributed by atoms with Crippen molar-refractivity contribution in [2.75, 3.05) is 25.5 Å². The third-order valence-corrected chi connectivity index (χ3v) is 8.30. The van der Waals surface area contributed by atoms with Gasteiger partial charge in [0, 0.05) is 24.0 Å². The van der Waals surface area contributed by atoms with Gasteiger partial charge >= 0.3 is 0 Å². The second-order valence-electron chi connectivity index (χ2n) is 8.14. The fourth-order valence-corrected chi connectivity index (χ4v) is 6.03. The van der Waals surface area contributed by atoms with Gasteiger partial charge in [-0.05, 0) is 55.0 Å². The predicted molar refractivity (Wildman–Crippen MR) is 121 cm³/mol. The number of carbonyl (C=O) groups excluding carboxylic acids is 1. The van der Waals surface area contributed by atoms with Crippen molar-refractivity contribution in [2.45, 2.75) is 42.9 Å². The molecule has 1 saturated carbocycles.